The topological polar surface area (TPSA) is 125 Å². The molecule has 2 amide bonds. The molecule has 2 fully saturated rings. The molecule has 2 unspecified atom stereocenters. The van der Waals surface area contributed by atoms with Crippen LogP contribution in [0, 0.1) is 5.92 Å². The van der Waals surface area contributed by atoms with Gasteiger partial charge in [0.25, 0.3) is 5.91 Å². The normalized spacial score (nSPS) is 22.1. The van der Waals surface area contributed by atoms with E-state index in [1.54, 1.807) is 0 Å². The number of ether oxygens (including phenoxy) is 1. The van der Waals surface area contributed by atoms with Crippen LogP contribution in [0.5, 0.6) is 0 Å². The number of H-pyrrole nitrogens is 1. The molecule has 0 bridgehead atoms. The average molecular weight is 473 g/mol. The molecule has 3 aliphatic rings. The third kappa shape index (κ3) is 3.38. The van der Waals surface area contributed by atoms with Crippen molar-refractivity contribution in [2.75, 3.05) is 18.5 Å². The number of hydrogen-bond acceptors (Lipinski definition) is 5. The van der Waals surface area contributed by atoms with Gasteiger partial charge in [0.2, 0.25) is 0 Å². The summed E-state index contributed by atoms with van der Waals surface area (Å²) in [5.41, 5.74) is 3.53. The van der Waals surface area contributed by atoms with Crippen LogP contribution in [0.15, 0.2) is 54.6 Å². The van der Waals surface area contributed by atoms with Crippen LogP contribution in [-0.4, -0.2) is 56.9 Å². The number of nitrogens with zero attached hydrogens (tertiary/aromatic N) is 2. The van der Waals surface area contributed by atoms with Gasteiger partial charge in [-0.1, -0.05) is 48.5 Å². The number of hydrogen-bond donors (Lipinski definition) is 3. The summed E-state index contributed by atoms with van der Waals surface area (Å²) in [7, 11) is 0. The van der Waals surface area contributed by atoms with Crippen LogP contribution in [0.25, 0.3) is 11.1 Å². The maximum Gasteiger partial charge on any atom is 0.412 e. The lowest BCUT2D eigenvalue weighted by molar-refractivity contribution is -0.145. The van der Waals surface area contributed by atoms with Gasteiger partial charge in [-0.25, -0.2) is 9.59 Å². The number of likely N-dealkylation sites (tertiary alicyclic amines) is 1. The number of fused-ring (bicyclic) bond motifs is 4. The van der Waals surface area contributed by atoms with Crippen molar-refractivity contribution in [2.45, 2.75) is 30.7 Å². The Morgan fingerprint density at radius 3 is 2.49 bits per heavy atom. The van der Waals surface area contributed by atoms with Crippen molar-refractivity contribution in [1.82, 2.24) is 15.1 Å². The minimum absolute atomic E-state index is 0.000886. The van der Waals surface area contributed by atoms with E-state index in [0.29, 0.717) is 13.0 Å². The molecule has 1 aliphatic heterocycles. The number of anilines is 1. The molecule has 2 aromatic carbocycles. The van der Waals surface area contributed by atoms with E-state index in [1.807, 2.05) is 36.4 Å². The van der Waals surface area contributed by atoms with Crippen molar-refractivity contribution in [3.05, 3.63) is 71.4 Å². The Hall–Kier alpha value is -4.14. The summed E-state index contributed by atoms with van der Waals surface area (Å²) in [6.45, 7) is 0.544. The molecule has 0 spiro atoms. The zero-order valence-electron chi connectivity index (χ0n) is 18.9. The van der Waals surface area contributed by atoms with Crippen LogP contribution >= 0.6 is 0 Å². The number of amides is 2. The van der Waals surface area contributed by atoms with E-state index in [0.717, 1.165) is 35.1 Å². The predicted molar refractivity (Wildman–Crippen MR) is 126 cm³/mol. The van der Waals surface area contributed by atoms with E-state index >= 15 is 0 Å². The molecular formula is C26H24N4O5. The molecular weight excluding hydrogens is 448 g/mol. The van der Waals surface area contributed by atoms with E-state index < -0.39 is 23.5 Å². The summed E-state index contributed by atoms with van der Waals surface area (Å²) in [5.74, 6) is -1.32. The number of benzene rings is 2. The molecule has 1 saturated carbocycles. The largest absolute Gasteiger partial charge is 0.479 e. The minimum atomic E-state index is -1.11. The number of carboxylic acid groups (broad SMARTS) is 1. The highest BCUT2D eigenvalue weighted by Crippen LogP contribution is 2.54. The predicted octanol–water partition coefficient (Wildman–Crippen LogP) is 3.85. The average Bonchev–Trinajstić information content (AvgIpc) is 3.33. The van der Waals surface area contributed by atoms with Crippen molar-refractivity contribution in [3.8, 4) is 11.1 Å². The lowest BCUT2D eigenvalue weighted by Gasteiger charge is -2.33. The smallest absolute Gasteiger partial charge is 0.412 e. The summed E-state index contributed by atoms with van der Waals surface area (Å²) < 4.78 is 5.52. The van der Waals surface area contributed by atoms with Crippen LogP contribution in [-0.2, 0) is 9.53 Å². The van der Waals surface area contributed by atoms with E-state index in [9.17, 15) is 19.5 Å². The summed E-state index contributed by atoms with van der Waals surface area (Å²) in [6.07, 6.45) is 1.38. The van der Waals surface area contributed by atoms with Gasteiger partial charge in [0.05, 0.1) is 0 Å². The maximum absolute atomic E-state index is 13.0. The van der Waals surface area contributed by atoms with Crippen molar-refractivity contribution in [2.24, 2.45) is 5.92 Å². The van der Waals surface area contributed by atoms with Crippen molar-refractivity contribution < 1.29 is 24.2 Å². The van der Waals surface area contributed by atoms with Gasteiger partial charge in [-0.05, 0) is 47.4 Å². The fourth-order valence-corrected chi connectivity index (χ4v) is 5.72. The van der Waals surface area contributed by atoms with Crippen LogP contribution in [0.3, 0.4) is 0 Å². The second-order valence-corrected chi connectivity index (χ2v) is 9.35. The number of piperidine rings is 1. The van der Waals surface area contributed by atoms with Gasteiger partial charge >= 0.3 is 12.1 Å². The van der Waals surface area contributed by atoms with Gasteiger partial charge in [0.15, 0.2) is 5.82 Å². The van der Waals surface area contributed by atoms with Crippen LogP contribution in [0.1, 0.15) is 46.8 Å². The van der Waals surface area contributed by atoms with E-state index in [2.05, 4.69) is 27.6 Å². The van der Waals surface area contributed by atoms with Gasteiger partial charge in [-0.3, -0.25) is 15.2 Å². The Kier molecular flexibility index (Phi) is 4.87. The first kappa shape index (κ1) is 21.4. The van der Waals surface area contributed by atoms with E-state index in [-0.39, 0.29) is 30.0 Å². The highest BCUT2D eigenvalue weighted by Gasteiger charge is 2.66. The molecule has 3 N–H and O–H groups in total. The van der Waals surface area contributed by atoms with Crippen LogP contribution in [0.4, 0.5) is 10.6 Å². The van der Waals surface area contributed by atoms with Crippen molar-refractivity contribution in [1.29, 1.82) is 0 Å². The summed E-state index contributed by atoms with van der Waals surface area (Å²) in [6, 6.07) is 17.6. The van der Waals surface area contributed by atoms with Gasteiger partial charge < -0.3 is 14.7 Å². The first-order valence-corrected chi connectivity index (χ1v) is 11.7. The number of rotatable bonds is 5. The number of carbonyl (C=O) groups is 3. The standard InChI is InChI=1S/C26H24N4O5/c31-23(30-11-5-6-15-13-26(15,30)24(32)33)21-12-22(29-28-21)27-25(34)35-14-20-18-9-3-1-7-16(18)17-8-2-4-10-19(17)20/h1-4,7-10,12,15,20H,5-6,11,13-14H2,(H,32,33)(H2,27,28,29,34). The summed E-state index contributed by atoms with van der Waals surface area (Å²) >= 11 is 0. The molecule has 0 radical (unpaired) electrons. The second-order valence-electron chi connectivity index (χ2n) is 9.35. The monoisotopic (exact) mass is 472 g/mol. The van der Waals surface area contributed by atoms with Crippen molar-refractivity contribution >= 4 is 23.8 Å². The first-order valence-electron chi connectivity index (χ1n) is 11.7. The number of carboxylic acids is 1. The molecule has 35 heavy (non-hydrogen) atoms. The molecule has 9 nitrogen and oxygen atoms in total. The van der Waals surface area contributed by atoms with Gasteiger partial charge in [-0.2, -0.15) is 5.10 Å². The summed E-state index contributed by atoms with van der Waals surface area (Å²) in [4.78, 5) is 38.8. The molecule has 3 aromatic rings. The first-order chi connectivity index (χ1) is 17.0. The zero-order chi connectivity index (χ0) is 24.2. The van der Waals surface area contributed by atoms with Gasteiger partial charge in [-0.15, -0.1) is 0 Å². The molecule has 2 atom stereocenters. The molecule has 6 rings (SSSR count). The molecule has 9 heteroatoms. The van der Waals surface area contributed by atoms with Crippen LogP contribution in [0.2, 0.25) is 0 Å². The lowest BCUT2D eigenvalue weighted by Crippen LogP contribution is -2.51. The highest BCUT2D eigenvalue weighted by molar-refractivity contribution is 5.99. The Morgan fingerprint density at radius 1 is 1.11 bits per heavy atom. The third-order valence-corrected chi connectivity index (χ3v) is 7.49. The summed E-state index contributed by atoms with van der Waals surface area (Å²) in [5, 5.41) is 18.9. The molecule has 178 valence electrons. The van der Waals surface area contributed by atoms with E-state index in [4.69, 9.17) is 4.74 Å². The number of aromatic amines is 1. The van der Waals surface area contributed by atoms with Gasteiger partial charge in [0.1, 0.15) is 17.8 Å². The Morgan fingerprint density at radius 2 is 1.80 bits per heavy atom. The molecule has 2 aliphatic carbocycles. The fourth-order valence-electron chi connectivity index (χ4n) is 5.72. The van der Waals surface area contributed by atoms with Gasteiger partial charge in [0, 0.05) is 18.5 Å². The maximum atomic E-state index is 13.0. The number of nitrogens with one attached hydrogen (secondary N) is 2. The molecule has 1 aromatic heterocycles. The third-order valence-electron chi connectivity index (χ3n) is 7.49. The minimum Gasteiger partial charge on any atom is -0.479 e. The zero-order valence-corrected chi connectivity index (χ0v) is 18.9. The second kappa shape index (κ2) is 7.97. The highest BCUT2D eigenvalue weighted by atomic mass is 16.5. The molecule has 1 saturated heterocycles. The Balaban J connectivity index is 1.11. The Bertz CT molecular complexity index is 1310. The van der Waals surface area contributed by atoms with Crippen molar-refractivity contribution in [3.63, 3.8) is 0 Å². The van der Waals surface area contributed by atoms with Crippen LogP contribution < -0.4 is 5.32 Å². The fraction of sp³-hybridized carbons (Fsp3) is 0.308. The Labute approximate surface area is 201 Å². The number of aliphatic carboxylic acids is 1. The lowest BCUT2D eigenvalue weighted by atomic mass is 9.98. The SMILES string of the molecule is O=C(Nc1cc(C(=O)N2CCCC3CC32C(=O)O)[nH]n1)OCC1c2ccccc2-c2ccccc21. The number of carbonyl (C=O) groups excluding carboxylic acids is 2. The quantitative estimate of drug-likeness (QED) is 0.518. The molecule has 2 heterocycles. The van der Waals surface area contributed by atoms with E-state index in [1.165, 1.54) is 11.0 Å². The number of aromatic nitrogens is 2.